The van der Waals surface area contributed by atoms with Crippen LogP contribution < -0.4 is 14.8 Å². The Morgan fingerprint density at radius 1 is 1.12 bits per heavy atom. The second-order valence-electron chi connectivity index (χ2n) is 4.46. The first-order chi connectivity index (χ1) is 11.2. The number of alkyl halides is 3. The van der Waals surface area contributed by atoms with Crippen molar-refractivity contribution in [3.8, 4) is 11.5 Å². The number of amides is 1. The topological polar surface area (TPSA) is 47.6 Å². The van der Waals surface area contributed by atoms with Gasteiger partial charge in [-0.25, -0.2) is 4.39 Å². The van der Waals surface area contributed by atoms with Crippen molar-refractivity contribution in [3.05, 3.63) is 53.3 Å². The van der Waals surface area contributed by atoms with Crippen molar-refractivity contribution in [2.45, 2.75) is 6.36 Å². The van der Waals surface area contributed by atoms with Crippen molar-refractivity contribution in [2.75, 3.05) is 11.9 Å². The predicted molar refractivity (Wildman–Crippen MR) is 78.7 cm³/mol. The highest BCUT2D eigenvalue weighted by atomic mass is 35.5. The van der Waals surface area contributed by atoms with Crippen LogP contribution in [0.4, 0.5) is 23.2 Å². The lowest BCUT2D eigenvalue weighted by Crippen LogP contribution is -2.22. The molecule has 1 amide bonds. The number of benzene rings is 2. The molecule has 0 atom stereocenters. The molecule has 0 fully saturated rings. The Hall–Kier alpha value is -2.48. The maximum Gasteiger partial charge on any atom is 0.573 e. The Bertz CT molecular complexity index is 737. The number of carbonyl (C=O) groups is 1. The predicted octanol–water partition coefficient (Wildman–Crippen LogP) is 4.40. The monoisotopic (exact) mass is 363 g/mol. The molecule has 128 valence electrons. The maximum absolute atomic E-state index is 12.9. The second-order valence-corrected chi connectivity index (χ2v) is 4.86. The summed E-state index contributed by atoms with van der Waals surface area (Å²) in [5.41, 5.74) is -0.173. The van der Waals surface area contributed by atoms with Crippen LogP contribution in [0.5, 0.6) is 11.5 Å². The minimum Gasteiger partial charge on any atom is -0.482 e. The van der Waals surface area contributed by atoms with Crippen LogP contribution in [0.1, 0.15) is 0 Å². The molecule has 24 heavy (non-hydrogen) atoms. The maximum atomic E-state index is 12.9. The standard InChI is InChI=1S/C15H10ClF4NO3/c16-10-7-9(17)5-6-12(10)23-8-14(22)21-11-3-1-2-4-13(11)24-15(18,19)20/h1-7H,8H2,(H,21,22). The zero-order valence-corrected chi connectivity index (χ0v) is 12.6. The number of carbonyl (C=O) groups excluding carboxylic acids is 1. The van der Waals surface area contributed by atoms with Gasteiger partial charge >= 0.3 is 6.36 Å². The minimum absolute atomic E-state index is 0.0383. The molecule has 2 rings (SSSR count). The summed E-state index contributed by atoms with van der Waals surface area (Å²) in [6.45, 7) is -0.536. The van der Waals surface area contributed by atoms with Crippen molar-refractivity contribution in [3.63, 3.8) is 0 Å². The first-order valence-electron chi connectivity index (χ1n) is 6.47. The molecule has 0 aliphatic carbocycles. The van der Waals surface area contributed by atoms with E-state index in [-0.39, 0.29) is 16.5 Å². The number of ether oxygens (including phenoxy) is 2. The van der Waals surface area contributed by atoms with E-state index in [1.165, 1.54) is 24.3 Å². The third-order valence-electron chi connectivity index (χ3n) is 2.64. The Kier molecular flexibility index (Phi) is 5.50. The Balaban J connectivity index is 2.00. The molecule has 4 nitrogen and oxygen atoms in total. The van der Waals surface area contributed by atoms with E-state index in [2.05, 4.69) is 10.1 Å². The van der Waals surface area contributed by atoms with Crippen LogP contribution in [0.2, 0.25) is 5.02 Å². The van der Waals surface area contributed by atoms with E-state index >= 15 is 0 Å². The van der Waals surface area contributed by atoms with Gasteiger partial charge in [-0.15, -0.1) is 13.2 Å². The van der Waals surface area contributed by atoms with Gasteiger partial charge in [-0.05, 0) is 30.3 Å². The normalized spacial score (nSPS) is 11.0. The van der Waals surface area contributed by atoms with E-state index in [4.69, 9.17) is 16.3 Å². The number of hydrogen-bond acceptors (Lipinski definition) is 3. The summed E-state index contributed by atoms with van der Waals surface area (Å²) >= 11 is 5.73. The third-order valence-corrected chi connectivity index (χ3v) is 2.93. The van der Waals surface area contributed by atoms with Crippen LogP contribution in [0.15, 0.2) is 42.5 Å². The highest BCUT2D eigenvalue weighted by Crippen LogP contribution is 2.30. The molecule has 0 saturated heterocycles. The first kappa shape index (κ1) is 17.9. The number of para-hydroxylation sites is 2. The van der Waals surface area contributed by atoms with Gasteiger partial charge in [0.05, 0.1) is 10.7 Å². The van der Waals surface area contributed by atoms with E-state index in [0.29, 0.717) is 0 Å². The minimum atomic E-state index is -4.89. The van der Waals surface area contributed by atoms with Gasteiger partial charge in [-0.2, -0.15) is 0 Å². The smallest absolute Gasteiger partial charge is 0.482 e. The van der Waals surface area contributed by atoms with Crippen molar-refractivity contribution in [2.24, 2.45) is 0 Å². The summed E-state index contributed by atoms with van der Waals surface area (Å²) < 4.78 is 58.7. The molecule has 9 heteroatoms. The molecule has 2 aromatic carbocycles. The summed E-state index contributed by atoms with van der Waals surface area (Å²) in [4.78, 5) is 11.8. The lowest BCUT2D eigenvalue weighted by molar-refractivity contribution is -0.274. The molecule has 0 aliphatic rings. The van der Waals surface area contributed by atoms with Crippen LogP contribution in [0, 0.1) is 5.82 Å². The number of halogens is 5. The summed E-state index contributed by atoms with van der Waals surface area (Å²) in [7, 11) is 0. The Labute approximate surface area is 138 Å². The average Bonchev–Trinajstić information content (AvgIpc) is 2.47. The highest BCUT2D eigenvalue weighted by molar-refractivity contribution is 6.32. The van der Waals surface area contributed by atoms with Crippen LogP contribution in [0.25, 0.3) is 0 Å². The fraction of sp³-hybridized carbons (Fsp3) is 0.133. The Morgan fingerprint density at radius 2 is 1.83 bits per heavy atom. The van der Waals surface area contributed by atoms with Crippen molar-refractivity contribution in [1.29, 1.82) is 0 Å². The molecule has 0 saturated carbocycles. The number of anilines is 1. The number of rotatable bonds is 5. The fourth-order valence-electron chi connectivity index (χ4n) is 1.71. The largest absolute Gasteiger partial charge is 0.573 e. The summed E-state index contributed by atoms with van der Waals surface area (Å²) in [5.74, 6) is -1.81. The molecule has 0 aromatic heterocycles. The lowest BCUT2D eigenvalue weighted by atomic mass is 10.3. The zero-order chi connectivity index (χ0) is 17.7. The average molecular weight is 364 g/mol. The van der Waals surface area contributed by atoms with Gasteiger partial charge < -0.3 is 14.8 Å². The first-order valence-corrected chi connectivity index (χ1v) is 6.85. The molecule has 0 bridgehead atoms. The van der Waals surface area contributed by atoms with Gasteiger partial charge in [0.25, 0.3) is 5.91 Å². The molecular formula is C15H10ClF4NO3. The van der Waals surface area contributed by atoms with Crippen LogP contribution in [-0.4, -0.2) is 18.9 Å². The van der Waals surface area contributed by atoms with Crippen LogP contribution in [-0.2, 0) is 4.79 Å². The van der Waals surface area contributed by atoms with Crippen molar-refractivity contribution >= 4 is 23.2 Å². The molecule has 0 spiro atoms. The SMILES string of the molecule is O=C(COc1ccc(F)cc1Cl)Nc1ccccc1OC(F)(F)F. The molecule has 0 radical (unpaired) electrons. The van der Waals surface area contributed by atoms with Gasteiger partial charge in [0, 0.05) is 0 Å². The second kappa shape index (κ2) is 7.39. The fourth-order valence-corrected chi connectivity index (χ4v) is 1.93. The summed E-state index contributed by atoms with van der Waals surface area (Å²) in [5, 5.41) is 2.19. The van der Waals surface area contributed by atoms with E-state index in [0.717, 1.165) is 18.2 Å². The van der Waals surface area contributed by atoms with E-state index < -0.39 is 30.4 Å². The van der Waals surface area contributed by atoms with E-state index in [1.807, 2.05) is 0 Å². The third kappa shape index (κ3) is 5.31. The van der Waals surface area contributed by atoms with Crippen molar-refractivity contribution in [1.82, 2.24) is 0 Å². The van der Waals surface area contributed by atoms with Crippen LogP contribution in [0.3, 0.4) is 0 Å². The quantitative estimate of drug-likeness (QED) is 0.801. The summed E-state index contributed by atoms with van der Waals surface area (Å²) in [6, 6.07) is 8.37. The number of nitrogens with one attached hydrogen (secondary N) is 1. The van der Waals surface area contributed by atoms with Crippen molar-refractivity contribution < 1.29 is 31.8 Å². The zero-order valence-electron chi connectivity index (χ0n) is 11.9. The van der Waals surface area contributed by atoms with E-state index in [1.54, 1.807) is 0 Å². The number of hydrogen-bond donors (Lipinski definition) is 1. The van der Waals surface area contributed by atoms with E-state index in [9.17, 15) is 22.4 Å². The van der Waals surface area contributed by atoms with Gasteiger partial charge in [0.1, 0.15) is 11.6 Å². The molecular weight excluding hydrogens is 354 g/mol. The van der Waals surface area contributed by atoms with Gasteiger partial charge in [0.15, 0.2) is 12.4 Å². The Morgan fingerprint density at radius 3 is 2.50 bits per heavy atom. The molecule has 0 heterocycles. The lowest BCUT2D eigenvalue weighted by Gasteiger charge is -2.14. The van der Waals surface area contributed by atoms with Crippen LogP contribution >= 0.6 is 11.6 Å². The molecule has 0 aliphatic heterocycles. The summed E-state index contributed by atoms with van der Waals surface area (Å²) in [6.07, 6.45) is -4.89. The van der Waals surface area contributed by atoms with Gasteiger partial charge in [0.2, 0.25) is 0 Å². The molecule has 1 N–H and O–H groups in total. The van der Waals surface area contributed by atoms with Gasteiger partial charge in [-0.3, -0.25) is 4.79 Å². The molecule has 0 unspecified atom stereocenters. The highest BCUT2D eigenvalue weighted by Gasteiger charge is 2.32. The van der Waals surface area contributed by atoms with Gasteiger partial charge in [-0.1, -0.05) is 23.7 Å². The molecule has 2 aromatic rings.